The van der Waals surface area contributed by atoms with Crippen molar-refractivity contribution in [2.75, 3.05) is 0 Å². The van der Waals surface area contributed by atoms with Gasteiger partial charge < -0.3 is 4.74 Å². The van der Waals surface area contributed by atoms with Crippen molar-refractivity contribution < 1.29 is 4.74 Å². The molecule has 0 aliphatic rings. The highest BCUT2D eigenvalue weighted by Crippen LogP contribution is 2.14. The highest BCUT2D eigenvalue weighted by Gasteiger charge is 1.95. The van der Waals surface area contributed by atoms with Gasteiger partial charge in [-0.25, -0.2) is 0 Å². The quantitative estimate of drug-likeness (QED) is 0.816. The van der Waals surface area contributed by atoms with E-state index in [0.29, 0.717) is 6.61 Å². The van der Waals surface area contributed by atoms with Crippen molar-refractivity contribution >= 4 is 15.9 Å². The number of benzene rings is 2. The molecule has 1 nitrogen and oxygen atoms in total. The Labute approximate surface area is 97.8 Å². The topological polar surface area (TPSA) is 9.23 Å². The summed E-state index contributed by atoms with van der Waals surface area (Å²) in [6.07, 6.45) is 0. The van der Waals surface area contributed by atoms with E-state index < -0.39 is 0 Å². The van der Waals surface area contributed by atoms with Crippen LogP contribution in [0.2, 0.25) is 0 Å². The van der Waals surface area contributed by atoms with Gasteiger partial charge in [-0.05, 0) is 35.9 Å². The molecule has 75 valence electrons. The van der Waals surface area contributed by atoms with Gasteiger partial charge in [-0.15, -0.1) is 0 Å². The Hall–Kier alpha value is -1.28. The Morgan fingerprint density at radius 2 is 1.93 bits per heavy atom. The minimum absolute atomic E-state index is 0.587. The first kappa shape index (κ1) is 10.2. The molecule has 1 radical (unpaired) electrons. The third-order valence-electron chi connectivity index (χ3n) is 1.98. The van der Waals surface area contributed by atoms with Crippen LogP contribution < -0.4 is 4.74 Å². The molecule has 2 heteroatoms. The van der Waals surface area contributed by atoms with E-state index in [4.69, 9.17) is 4.74 Å². The number of rotatable bonds is 3. The van der Waals surface area contributed by atoms with E-state index >= 15 is 0 Å². The molecule has 0 spiro atoms. The van der Waals surface area contributed by atoms with E-state index in [1.807, 2.05) is 42.5 Å². The van der Waals surface area contributed by atoms with E-state index in [1.54, 1.807) is 0 Å². The molecule has 2 aromatic carbocycles. The summed E-state index contributed by atoms with van der Waals surface area (Å²) in [5.41, 5.74) is 1.15. The summed E-state index contributed by atoms with van der Waals surface area (Å²) in [5.74, 6) is 0.869. The Balaban J connectivity index is 1.99. The van der Waals surface area contributed by atoms with E-state index in [1.165, 1.54) is 0 Å². The van der Waals surface area contributed by atoms with Gasteiger partial charge in [0, 0.05) is 4.47 Å². The molecule has 0 atom stereocenters. The molecule has 0 aromatic heterocycles. The van der Waals surface area contributed by atoms with Crippen LogP contribution in [0.4, 0.5) is 0 Å². The summed E-state index contributed by atoms with van der Waals surface area (Å²) in [4.78, 5) is 0. The average Bonchev–Trinajstić information content (AvgIpc) is 2.28. The number of hydrogen-bond donors (Lipinski definition) is 0. The maximum Gasteiger partial charge on any atom is 0.119 e. The van der Waals surface area contributed by atoms with Crippen molar-refractivity contribution in [2.24, 2.45) is 0 Å². The SMILES string of the molecule is Brc1cccc(COc2cc[c]cc2)c1. The lowest BCUT2D eigenvalue weighted by atomic mass is 10.2. The van der Waals surface area contributed by atoms with E-state index in [2.05, 4.69) is 28.1 Å². The van der Waals surface area contributed by atoms with Crippen LogP contribution in [0.25, 0.3) is 0 Å². The molecule has 15 heavy (non-hydrogen) atoms. The third kappa shape index (κ3) is 3.10. The zero-order valence-electron chi connectivity index (χ0n) is 8.11. The molecule has 0 aliphatic heterocycles. The summed E-state index contributed by atoms with van der Waals surface area (Å²) >= 11 is 3.43. The molecule has 0 fully saturated rings. The van der Waals surface area contributed by atoms with Crippen LogP contribution in [0.15, 0.2) is 53.0 Å². The number of ether oxygens (including phenoxy) is 1. The molecular weight excluding hydrogens is 252 g/mol. The van der Waals surface area contributed by atoms with Gasteiger partial charge >= 0.3 is 0 Å². The minimum atomic E-state index is 0.587. The molecular formula is C13H10BrO. The molecule has 0 heterocycles. The van der Waals surface area contributed by atoms with Crippen LogP contribution in [-0.2, 0) is 6.61 Å². The van der Waals surface area contributed by atoms with Crippen molar-refractivity contribution in [2.45, 2.75) is 6.61 Å². The Bertz CT molecular complexity index is 426. The van der Waals surface area contributed by atoms with Crippen molar-refractivity contribution in [3.63, 3.8) is 0 Å². The Morgan fingerprint density at radius 3 is 2.67 bits per heavy atom. The molecule has 0 amide bonds. The summed E-state index contributed by atoms with van der Waals surface area (Å²) in [5, 5.41) is 0. The van der Waals surface area contributed by atoms with E-state index in [-0.39, 0.29) is 0 Å². The zero-order chi connectivity index (χ0) is 10.5. The van der Waals surface area contributed by atoms with Crippen molar-refractivity contribution in [3.8, 4) is 5.75 Å². The van der Waals surface area contributed by atoms with Gasteiger partial charge in [0.05, 0.1) is 0 Å². The molecule has 2 rings (SSSR count). The van der Waals surface area contributed by atoms with Gasteiger partial charge in [-0.3, -0.25) is 0 Å². The second-order valence-electron chi connectivity index (χ2n) is 3.15. The number of halogens is 1. The maximum absolute atomic E-state index is 5.61. The van der Waals surface area contributed by atoms with Gasteiger partial charge in [0.1, 0.15) is 12.4 Å². The van der Waals surface area contributed by atoms with Gasteiger partial charge in [0.2, 0.25) is 0 Å². The molecule has 0 saturated heterocycles. The first-order valence-electron chi connectivity index (χ1n) is 4.68. The Kier molecular flexibility index (Phi) is 3.41. The fourth-order valence-electron chi connectivity index (χ4n) is 1.26. The molecule has 0 saturated carbocycles. The van der Waals surface area contributed by atoms with Gasteiger partial charge in [0.15, 0.2) is 0 Å². The fourth-order valence-corrected chi connectivity index (χ4v) is 1.71. The lowest BCUT2D eigenvalue weighted by Gasteiger charge is -2.05. The van der Waals surface area contributed by atoms with Crippen LogP contribution in [-0.4, -0.2) is 0 Å². The predicted octanol–water partition coefficient (Wildman–Crippen LogP) is 3.83. The largest absolute Gasteiger partial charge is 0.489 e. The van der Waals surface area contributed by atoms with Gasteiger partial charge in [-0.1, -0.05) is 40.2 Å². The van der Waals surface area contributed by atoms with E-state index in [9.17, 15) is 0 Å². The first-order chi connectivity index (χ1) is 7.34. The summed E-state index contributed by atoms with van der Waals surface area (Å²) in [7, 11) is 0. The van der Waals surface area contributed by atoms with Crippen LogP contribution in [0.5, 0.6) is 5.75 Å². The maximum atomic E-state index is 5.61. The predicted molar refractivity (Wildman–Crippen MR) is 63.8 cm³/mol. The summed E-state index contributed by atoms with van der Waals surface area (Å²) in [6.45, 7) is 0.587. The van der Waals surface area contributed by atoms with Crippen LogP contribution in [0.1, 0.15) is 5.56 Å². The summed E-state index contributed by atoms with van der Waals surface area (Å²) in [6, 6.07) is 18.5. The molecule has 2 aromatic rings. The molecule has 0 bridgehead atoms. The van der Waals surface area contributed by atoms with Crippen LogP contribution >= 0.6 is 15.9 Å². The highest BCUT2D eigenvalue weighted by atomic mass is 79.9. The van der Waals surface area contributed by atoms with Crippen LogP contribution in [0.3, 0.4) is 0 Å². The van der Waals surface area contributed by atoms with Crippen molar-refractivity contribution in [3.05, 3.63) is 64.6 Å². The second kappa shape index (κ2) is 4.99. The first-order valence-corrected chi connectivity index (χ1v) is 5.47. The highest BCUT2D eigenvalue weighted by molar-refractivity contribution is 9.10. The molecule has 0 aliphatic carbocycles. The van der Waals surface area contributed by atoms with Gasteiger partial charge in [-0.2, -0.15) is 0 Å². The third-order valence-corrected chi connectivity index (χ3v) is 2.48. The average molecular weight is 262 g/mol. The van der Waals surface area contributed by atoms with E-state index in [0.717, 1.165) is 15.8 Å². The van der Waals surface area contributed by atoms with Crippen LogP contribution in [0, 0.1) is 6.07 Å². The molecule has 0 unspecified atom stereocenters. The smallest absolute Gasteiger partial charge is 0.119 e. The van der Waals surface area contributed by atoms with Gasteiger partial charge in [0.25, 0.3) is 0 Å². The summed E-state index contributed by atoms with van der Waals surface area (Å²) < 4.78 is 6.68. The van der Waals surface area contributed by atoms with Crippen molar-refractivity contribution in [1.29, 1.82) is 0 Å². The normalized spacial score (nSPS) is 9.93. The standard InChI is InChI=1S/C13H10BrO/c14-12-6-4-5-11(9-12)10-15-13-7-2-1-3-8-13/h2-9H,10H2. The lowest BCUT2D eigenvalue weighted by Crippen LogP contribution is -1.94. The zero-order valence-corrected chi connectivity index (χ0v) is 9.70. The van der Waals surface area contributed by atoms with Crippen molar-refractivity contribution in [1.82, 2.24) is 0 Å². The minimum Gasteiger partial charge on any atom is -0.489 e. The monoisotopic (exact) mass is 261 g/mol. The molecule has 0 N–H and O–H groups in total. The lowest BCUT2D eigenvalue weighted by molar-refractivity contribution is 0.306. The fraction of sp³-hybridized carbons (Fsp3) is 0.0769. The number of hydrogen-bond acceptors (Lipinski definition) is 1. The second-order valence-corrected chi connectivity index (χ2v) is 4.07. The Morgan fingerprint density at radius 1 is 1.13 bits per heavy atom.